The molecule has 2 N–H and O–H groups in total. The van der Waals surface area contributed by atoms with E-state index in [1.54, 1.807) is 20.8 Å². The second-order valence-corrected chi connectivity index (χ2v) is 8.58. The van der Waals surface area contributed by atoms with Gasteiger partial charge in [0.2, 0.25) is 0 Å². The number of halogens is 1. The highest BCUT2D eigenvalue weighted by Crippen LogP contribution is 2.28. The third-order valence-electron chi connectivity index (χ3n) is 3.96. The van der Waals surface area contributed by atoms with Crippen molar-refractivity contribution in [2.45, 2.75) is 26.4 Å². The monoisotopic (exact) mass is 488 g/mol. The third-order valence-corrected chi connectivity index (χ3v) is 4.68. The summed E-state index contributed by atoms with van der Waals surface area (Å²) in [5, 5.41) is 1.75. The number of carbonyl (C=O) groups is 2. The highest BCUT2D eigenvalue weighted by Gasteiger charge is 2.18. The Morgan fingerprint density at radius 2 is 1.57 bits per heavy atom. The Morgan fingerprint density at radius 1 is 0.893 bits per heavy atom. The van der Waals surface area contributed by atoms with Crippen molar-refractivity contribution in [3.63, 3.8) is 0 Å². The van der Waals surface area contributed by atoms with Crippen molar-refractivity contribution in [1.82, 2.24) is 10.9 Å². The lowest BCUT2D eigenvalue weighted by Gasteiger charge is -2.20. The number of carbonyl (C=O) groups excluding carboxylic acids is 2. The molecule has 0 aliphatic rings. The maximum atomic E-state index is 12.8. The first-order valence-corrected chi connectivity index (χ1v) is 9.89. The van der Waals surface area contributed by atoms with Gasteiger partial charge in [-0.25, -0.2) is 10.2 Å². The van der Waals surface area contributed by atoms with Crippen LogP contribution in [0.15, 0.2) is 60.7 Å². The lowest BCUT2D eigenvalue weighted by molar-refractivity contribution is 0.0483. The fourth-order valence-corrected chi connectivity index (χ4v) is 3.15. The van der Waals surface area contributed by atoms with Crippen molar-refractivity contribution in [2.24, 2.45) is 0 Å². The molecule has 0 aromatic heterocycles. The van der Waals surface area contributed by atoms with Crippen LogP contribution in [0.2, 0.25) is 0 Å². The highest BCUT2D eigenvalue weighted by atomic mass is 127. The average molecular weight is 488 g/mol. The summed E-state index contributed by atoms with van der Waals surface area (Å²) in [7, 11) is 0. The van der Waals surface area contributed by atoms with E-state index < -0.39 is 17.6 Å². The van der Waals surface area contributed by atoms with Crippen LogP contribution in [0.25, 0.3) is 21.9 Å². The largest absolute Gasteiger partial charge is 0.443 e. The zero-order valence-electron chi connectivity index (χ0n) is 15.9. The predicted octanol–water partition coefficient (Wildman–Crippen LogP) is 5.28. The van der Waals surface area contributed by atoms with Crippen molar-refractivity contribution in [3.8, 4) is 11.1 Å². The maximum Gasteiger partial charge on any atom is 0.426 e. The third kappa shape index (κ3) is 5.01. The van der Waals surface area contributed by atoms with E-state index in [2.05, 4.69) is 39.5 Å². The van der Waals surface area contributed by atoms with E-state index >= 15 is 0 Å². The molecule has 0 saturated heterocycles. The van der Waals surface area contributed by atoms with E-state index in [-0.39, 0.29) is 0 Å². The van der Waals surface area contributed by atoms with Crippen LogP contribution in [0.4, 0.5) is 4.79 Å². The van der Waals surface area contributed by atoms with Gasteiger partial charge in [-0.3, -0.25) is 10.2 Å². The van der Waals surface area contributed by atoms with Gasteiger partial charge in [0.15, 0.2) is 0 Å². The molecule has 0 bridgehead atoms. The first-order valence-electron chi connectivity index (χ1n) is 8.81. The van der Waals surface area contributed by atoms with E-state index in [0.29, 0.717) is 5.56 Å². The number of benzene rings is 3. The molecule has 0 unspecified atom stereocenters. The molecule has 0 aliphatic heterocycles. The Labute approximate surface area is 177 Å². The van der Waals surface area contributed by atoms with Crippen molar-refractivity contribution in [3.05, 3.63) is 69.8 Å². The number of nitrogens with one attached hydrogen (secondary N) is 2. The molecule has 28 heavy (non-hydrogen) atoms. The molecule has 144 valence electrons. The molecule has 2 amide bonds. The van der Waals surface area contributed by atoms with Gasteiger partial charge in [-0.05, 0) is 89.5 Å². The fourth-order valence-electron chi connectivity index (χ4n) is 2.79. The van der Waals surface area contributed by atoms with Gasteiger partial charge in [0.05, 0.1) is 0 Å². The maximum absolute atomic E-state index is 12.8. The Hall–Kier alpha value is -2.61. The number of fused-ring (bicyclic) bond motifs is 1. The van der Waals surface area contributed by atoms with Crippen LogP contribution in [-0.4, -0.2) is 17.6 Å². The molecule has 0 radical (unpaired) electrons. The summed E-state index contributed by atoms with van der Waals surface area (Å²) in [6, 6.07) is 19.6. The van der Waals surface area contributed by atoms with Crippen molar-refractivity contribution < 1.29 is 14.3 Å². The lowest BCUT2D eigenvalue weighted by atomic mass is 9.96. The number of ether oxygens (including phenoxy) is 1. The molecule has 0 spiro atoms. The molecule has 0 atom stereocenters. The standard InChI is InChI=1S/C22H21IN2O3/c1-22(2,3)28-21(27)25-24-20(26)19-13-16(14-8-10-17(23)11-9-14)12-15-6-4-5-7-18(15)19/h4-13H,1-3H3,(H,24,26)(H,25,27). The molecule has 3 aromatic rings. The van der Waals surface area contributed by atoms with Gasteiger partial charge in [0.1, 0.15) is 5.60 Å². The van der Waals surface area contributed by atoms with Crippen molar-refractivity contribution in [1.29, 1.82) is 0 Å². The van der Waals surface area contributed by atoms with Gasteiger partial charge in [0, 0.05) is 9.13 Å². The summed E-state index contributed by atoms with van der Waals surface area (Å²) in [5.74, 6) is -0.408. The quantitative estimate of drug-likeness (QED) is 0.381. The van der Waals surface area contributed by atoms with E-state index in [1.807, 2.05) is 54.6 Å². The topological polar surface area (TPSA) is 67.4 Å². The van der Waals surface area contributed by atoms with Crippen LogP contribution in [0.1, 0.15) is 31.1 Å². The predicted molar refractivity (Wildman–Crippen MR) is 119 cm³/mol. The minimum atomic E-state index is -0.709. The molecule has 6 heteroatoms. The zero-order valence-corrected chi connectivity index (χ0v) is 18.0. The summed E-state index contributed by atoms with van der Waals surface area (Å²) >= 11 is 2.26. The van der Waals surface area contributed by atoms with Crippen molar-refractivity contribution in [2.75, 3.05) is 0 Å². The van der Waals surface area contributed by atoms with E-state index in [1.165, 1.54) is 0 Å². The number of hydrogen-bond donors (Lipinski definition) is 2. The molecular formula is C22H21IN2O3. The zero-order chi connectivity index (χ0) is 20.3. The Bertz CT molecular complexity index is 1020. The second-order valence-electron chi connectivity index (χ2n) is 7.33. The minimum absolute atomic E-state index is 0.408. The lowest BCUT2D eigenvalue weighted by Crippen LogP contribution is -2.44. The normalized spacial score (nSPS) is 11.1. The molecule has 0 heterocycles. The van der Waals surface area contributed by atoms with Gasteiger partial charge in [0.25, 0.3) is 5.91 Å². The number of hydrogen-bond acceptors (Lipinski definition) is 3. The van der Waals surface area contributed by atoms with Crippen LogP contribution >= 0.6 is 22.6 Å². The average Bonchev–Trinajstić information content (AvgIpc) is 2.64. The molecule has 0 fully saturated rings. The fraction of sp³-hybridized carbons (Fsp3) is 0.182. The molecule has 0 saturated carbocycles. The number of amides is 2. The Kier molecular flexibility index (Phi) is 5.88. The summed E-state index contributed by atoms with van der Waals surface area (Å²) in [6.45, 7) is 5.27. The van der Waals surface area contributed by atoms with Gasteiger partial charge >= 0.3 is 6.09 Å². The van der Waals surface area contributed by atoms with Crippen LogP contribution in [-0.2, 0) is 4.74 Å². The summed E-state index contributed by atoms with van der Waals surface area (Å²) in [5.41, 5.74) is 6.51. The summed E-state index contributed by atoms with van der Waals surface area (Å²) in [4.78, 5) is 24.6. The first kappa shape index (κ1) is 20.1. The van der Waals surface area contributed by atoms with Crippen LogP contribution in [0, 0.1) is 3.57 Å². The molecule has 3 rings (SSSR count). The van der Waals surface area contributed by atoms with Gasteiger partial charge in [-0.2, -0.15) is 0 Å². The van der Waals surface area contributed by atoms with Gasteiger partial charge in [-0.15, -0.1) is 0 Å². The van der Waals surface area contributed by atoms with E-state index in [9.17, 15) is 9.59 Å². The minimum Gasteiger partial charge on any atom is -0.443 e. The highest BCUT2D eigenvalue weighted by molar-refractivity contribution is 14.1. The first-order chi connectivity index (χ1) is 13.2. The van der Waals surface area contributed by atoms with Crippen LogP contribution < -0.4 is 10.9 Å². The van der Waals surface area contributed by atoms with E-state index in [4.69, 9.17) is 4.74 Å². The van der Waals surface area contributed by atoms with Gasteiger partial charge in [-0.1, -0.05) is 36.4 Å². The Balaban J connectivity index is 1.91. The number of rotatable bonds is 2. The molecule has 3 aromatic carbocycles. The second kappa shape index (κ2) is 8.18. The molecule has 5 nitrogen and oxygen atoms in total. The number of hydrazine groups is 1. The van der Waals surface area contributed by atoms with Crippen molar-refractivity contribution >= 4 is 45.4 Å². The summed E-state index contributed by atoms with van der Waals surface area (Å²) < 4.78 is 6.29. The SMILES string of the molecule is CC(C)(C)OC(=O)NNC(=O)c1cc(-c2ccc(I)cc2)cc2ccccc12. The summed E-state index contributed by atoms with van der Waals surface area (Å²) in [6.07, 6.45) is -0.709. The van der Waals surface area contributed by atoms with Crippen LogP contribution in [0.5, 0.6) is 0 Å². The van der Waals surface area contributed by atoms with Gasteiger partial charge < -0.3 is 4.74 Å². The molecule has 0 aliphatic carbocycles. The molecular weight excluding hydrogens is 467 g/mol. The smallest absolute Gasteiger partial charge is 0.426 e. The van der Waals surface area contributed by atoms with Crippen LogP contribution in [0.3, 0.4) is 0 Å². The Morgan fingerprint density at radius 3 is 2.25 bits per heavy atom. The van der Waals surface area contributed by atoms with E-state index in [0.717, 1.165) is 25.5 Å².